The lowest BCUT2D eigenvalue weighted by Gasteiger charge is -2.40. The maximum absolute atomic E-state index is 12.8. The van der Waals surface area contributed by atoms with Crippen LogP contribution in [0.4, 0.5) is 0 Å². The molecule has 0 aromatic heterocycles. The molecule has 0 aliphatic carbocycles. The summed E-state index contributed by atoms with van der Waals surface area (Å²) < 4.78 is 5.42. The Morgan fingerprint density at radius 2 is 1.93 bits per heavy atom. The Morgan fingerprint density at radius 1 is 1.25 bits per heavy atom. The molecule has 1 aromatic carbocycles. The van der Waals surface area contributed by atoms with Gasteiger partial charge in [0, 0.05) is 12.8 Å². The average molecular weight is 386 g/mol. The molecule has 0 amide bonds. The van der Waals surface area contributed by atoms with Gasteiger partial charge in [0.2, 0.25) is 0 Å². The summed E-state index contributed by atoms with van der Waals surface area (Å²) in [4.78, 5) is 32.1. The number of carbonyl (C=O) groups is 2. The van der Waals surface area contributed by atoms with Crippen LogP contribution in [0.1, 0.15) is 50.7 Å². The van der Waals surface area contributed by atoms with Crippen LogP contribution in [-0.4, -0.2) is 54.7 Å². The molecular weight excluding hydrogens is 356 g/mol. The van der Waals surface area contributed by atoms with Crippen molar-refractivity contribution in [3.63, 3.8) is 0 Å². The summed E-state index contributed by atoms with van der Waals surface area (Å²) in [5, 5.41) is 4.28. The largest absolute Gasteiger partial charge is 0.466 e. The monoisotopic (exact) mass is 386 g/mol. The summed E-state index contributed by atoms with van der Waals surface area (Å²) >= 11 is 0. The average Bonchev–Trinajstić information content (AvgIpc) is 3.12. The second kappa shape index (κ2) is 8.86. The molecule has 2 heterocycles. The van der Waals surface area contributed by atoms with Crippen molar-refractivity contribution >= 4 is 17.5 Å². The SMILES string of the molecule is CCOC(=O)C1(C[C@H]2CC(c3ccc(C)cc3)=NO2)CCN(CC(C)=O)CC1. The Bertz CT molecular complexity index is 733. The third-order valence-corrected chi connectivity index (χ3v) is 5.70. The number of ether oxygens (including phenoxy) is 1. The fraction of sp³-hybridized carbons (Fsp3) is 0.591. The smallest absolute Gasteiger partial charge is 0.312 e. The van der Waals surface area contributed by atoms with E-state index in [2.05, 4.69) is 41.2 Å². The highest BCUT2D eigenvalue weighted by atomic mass is 16.6. The molecule has 1 fully saturated rings. The van der Waals surface area contributed by atoms with Gasteiger partial charge in [0.25, 0.3) is 0 Å². The summed E-state index contributed by atoms with van der Waals surface area (Å²) in [7, 11) is 0. The minimum absolute atomic E-state index is 0.125. The summed E-state index contributed by atoms with van der Waals surface area (Å²) in [6.07, 6.45) is 2.53. The van der Waals surface area contributed by atoms with Gasteiger partial charge in [-0.05, 0) is 52.3 Å². The number of hydrogen-bond acceptors (Lipinski definition) is 6. The number of nitrogens with zero attached hydrogens (tertiary/aromatic N) is 2. The summed E-state index contributed by atoms with van der Waals surface area (Å²) in [5.74, 6) is 0.00348. The van der Waals surface area contributed by atoms with Crippen molar-refractivity contribution in [3.05, 3.63) is 35.4 Å². The fourth-order valence-corrected chi connectivity index (χ4v) is 4.12. The van der Waals surface area contributed by atoms with Crippen LogP contribution < -0.4 is 0 Å². The molecule has 0 spiro atoms. The van der Waals surface area contributed by atoms with Crippen LogP contribution in [-0.2, 0) is 19.2 Å². The number of esters is 1. The number of Topliss-reactive ketones (excluding diaryl/α,β-unsaturated/α-hetero) is 1. The second-order valence-corrected chi connectivity index (χ2v) is 8.02. The Kier molecular flexibility index (Phi) is 6.50. The fourth-order valence-electron chi connectivity index (χ4n) is 4.12. The van der Waals surface area contributed by atoms with Crippen LogP contribution in [0, 0.1) is 12.3 Å². The van der Waals surface area contributed by atoms with Gasteiger partial charge in [-0.15, -0.1) is 0 Å². The van der Waals surface area contributed by atoms with E-state index < -0.39 is 5.41 Å². The molecule has 3 rings (SSSR count). The van der Waals surface area contributed by atoms with Crippen LogP contribution in [0.3, 0.4) is 0 Å². The minimum atomic E-state index is -0.563. The lowest BCUT2D eigenvalue weighted by Crippen LogP contribution is -2.47. The number of piperidine rings is 1. The van der Waals surface area contributed by atoms with Crippen molar-refractivity contribution in [2.45, 2.75) is 52.6 Å². The lowest BCUT2D eigenvalue weighted by molar-refractivity contribution is -0.161. The number of carbonyl (C=O) groups excluding carboxylic acids is 2. The summed E-state index contributed by atoms with van der Waals surface area (Å²) in [6, 6.07) is 8.24. The quantitative estimate of drug-likeness (QED) is 0.674. The first-order valence-electron chi connectivity index (χ1n) is 10.1. The van der Waals surface area contributed by atoms with Gasteiger partial charge in [0.05, 0.1) is 24.3 Å². The number of aryl methyl sites for hydroxylation is 1. The number of rotatable bonds is 7. The van der Waals surface area contributed by atoms with E-state index in [1.807, 2.05) is 6.92 Å². The molecule has 6 nitrogen and oxygen atoms in total. The second-order valence-electron chi connectivity index (χ2n) is 8.02. The third kappa shape index (κ3) is 4.79. The van der Waals surface area contributed by atoms with Gasteiger partial charge >= 0.3 is 5.97 Å². The standard InChI is InChI=1S/C22H30N2O4/c1-4-27-21(26)22(9-11-24(12-10-22)15-17(3)25)14-19-13-20(23-28-19)18-7-5-16(2)6-8-18/h5-8,19H,4,9-15H2,1-3H3/t19-/m1/s1. The highest BCUT2D eigenvalue weighted by Crippen LogP contribution is 2.40. The topological polar surface area (TPSA) is 68.2 Å². The Labute approximate surface area is 166 Å². The van der Waals surface area contributed by atoms with E-state index in [0.717, 1.165) is 24.4 Å². The number of likely N-dealkylation sites (tertiary alicyclic amines) is 1. The first-order valence-corrected chi connectivity index (χ1v) is 10.1. The minimum Gasteiger partial charge on any atom is -0.466 e. The molecule has 0 radical (unpaired) electrons. The molecule has 0 unspecified atom stereocenters. The molecule has 28 heavy (non-hydrogen) atoms. The van der Waals surface area contributed by atoms with Crippen molar-refractivity contribution in [2.75, 3.05) is 26.2 Å². The first-order chi connectivity index (χ1) is 13.4. The van der Waals surface area contributed by atoms with E-state index in [1.165, 1.54) is 5.56 Å². The van der Waals surface area contributed by atoms with Gasteiger partial charge in [0.1, 0.15) is 11.9 Å². The molecule has 1 atom stereocenters. The molecule has 152 valence electrons. The van der Waals surface area contributed by atoms with Crippen LogP contribution in [0.25, 0.3) is 0 Å². The van der Waals surface area contributed by atoms with Crippen molar-refractivity contribution < 1.29 is 19.2 Å². The summed E-state index contributed by atoms with van der Waals surface area (Å²) in [5.41, 5.74) is 2.64. The zero-order valence-electron chi connectivity index (χ0n) is 17.1. The van der Waals surface area contributed by atoms with Gasteiger partial charge in [-0.1, -0.05) is 35.0 Å². The molecular formula is C22H30N2O4. The van der Waals surface area contributed by atoms with Gasteiger partial charge in [-0.2, -0.15) is 0 Å². The molecule has 0 saturated carbocycles. The van der Waals surface area contributed by atoms with E-state index in [1.54, 1.807) is 6.92 Å². The molecule has 2 aliphatic heterocycles. The predicted molar refractivity (Wildman–Crippen MR) is 107 cm³/mol. The summed E-state index contributed by atoms with van der Waals surface area (Å²) in [6.45, 7) is 7.74. The van der Waals surface area contributed by atoms with E-state index in [-0.39, 0.29) is 17.9 Å². The zero-order chi connectivity index (χ0) is 20.1. The zero-order valence-corrected chi connectivity index (χ0v) is 17.1. The Morgan fingerprint density at radius 3 is 2.54 bits per heavy atom. The number of benzene rings is 1. The van der Waals surface area contributed by atoms with E-state index in [9.17, 15) is 9.59 Å². The maximum Gasteiger partial charge on any atom is 0.312 e. The van der Waals surface area contributed by atoms with Crippen LogP contribution in [0.15, 0.2) is 29.4 Å². The van der Waals surface area contributed by atoms with Crippen molar-refractivity contribution in [1.82, 2.24) is 4.90 Å². The van der Waals surface area contributed by atoms with Gasteiger partial charge in [-0.25, -0.2) is 0 Å². The molecule has 0 N–H and O–H groups in total. The lowest BCUT2D eigenvalue weighted by atomic mass is 9.73. The van der Waals surface area contributed by atoms with E-state index >= 15 is 0 Å². The van der Waals surface area contributed by atoms with Gasteiger partial charge < -0.3 is 9.57 Å². The molecule has 2 aliphatic rings. The van der Waals surface area contributed by atoms with Crippen molar-refractivity contribution in [2.24, 2.45) is 10.6 Å². The molecule has 1 aromatic rings. The number of ketones is 1. The Hall–Kier alpha value is -2.21. The Balaban J connectivity index is 1.65. The van der Waals surface area contributed by atoms with Gasteiger partial charge in [-0.3, -0.25) is 14.5 Å². The normalized spacial score (nSPS) is 21.7. The van der Waals surface area contributed by atoms with E-state index in [0.29, 0.717) is 38.8 Å². The maximum atomic E-state index is 12.8. The van der Waals surface area contributed by atoms with Crippen molar-refractivity contribution in [1.29, 1.82) is 0 Å². The number of hydrogen-bond donors (Lipinski definition) is 0. The van der Waals surface area contributed by atoms with Crippen LogP contribution >= 0.6 is 0 Å². The molecule has 6 heteroatoms. The van der Waals surface area contributed by atoms with Crippen molar-refractivity contribution in [3.8, 4) is 0 Å². The third-order valence-electron chi connectivity index (χ3n) is 5.70. The predicted octanol–water partition coefficient (Wildman–Crippen LogP) is 3.11. The molecule has 0 bridgehead atoms. The van der Waals surface area contributed by atoms with Gasteiger partial charge in [0.15, 0.2) is 0 Å². The number of oxime groups is 1. The van der Waals surface area contributed by atoms with Crippen LogP contribution in [0.5, 0.6) is 0 Å². The van der Waals surface area contributed by atoms with Crippen LogP contribution in [0.2, 0.25) is 0 Å². The van der Waals surface area contributed by atoms with E-state index in [4.69, 9.17) is 9.57 Å². The first kappa shape index (κ1) is 20.5. The highest BCUT2D eigenvalue weighted by molar-refractivity contribution is 6.01. The highest BCUT2D eigenvalue weighted by Gasteiger charge is 2.45. The molecule has 1 saturated heterocycles.